The van der Waals surface area contributed by atoms with E-state index < -0.39 is 0 Å². The summed E-state index contributed by atoms with van der Waals surface area (Å²) in [5.41, 5.74) is 0. The number of aromatic nitrogens is 2. The summed E-state index contributed by atoms with van der Waals surface area (Å²) >= 11 is 2.13. The van der Waals surface area contributed by atoms with Crippen molar-refractivity contribution in [2.45, 2.75) is 0 Å². The first-order valence-electron chi connectivity index (χ1n) is 2.08. The largest absolute Gasteiger partial charge is 0.480 e. The highest BCUT2D eigenvalue weighted by Gasteiger charge is 1.92. The molecule has 0 aliphatic heterocycles. The van der Waals surface area contributed by atoms with E-state index in [4.69, 9.17) is 4.74 Å². The number of nitrogens with one attached hydrogen (secondary N) is 1. The van der Waals surface area contributed by atoms with Crippen LogP contribution in [-0.2, 0) is 0 Å². The van der Waals surface area contributed by atoms with E-state index in [0.29, 0.717) is 5.88 Å². The van der Waals surface area contributed by atoms with Crippen LogP contribution in [0.3, 0.4) is 0 Å². The van der Waals surface area contributed by atoms with Crippen molar-refractivity contribution in [3.8, 4) is 5.88 Å². The first kappa shape index (κ1) is 5.87. The van der Waals surface area contributed by atoms with E-state index in [0.717, 1.165) is 3.70 Å². The number of ether oxygens (including phenoxy) is 1. The van der Waals surface area contributed by atoms with Crippen molar-refractivity contribution in [2.75, 3.05) is 7.11 Å². The van der Waals surface area contributed by atoms with E-state index in [1.165, 1.54) is 0 Å². The zero-order chi connectivity index (χ0) is 5.98. The smallest absolute Gasteiger partial charge is 0.233 e. The average Bonchev–Trinajstić information content (AvgIpc) is 2.14. The van der Waals surface area contributed by atoms with Gasteiger partial charge >= 0.3 is 0 Å². The molecule has 44 valence electrons. The molecule has 1 aromatic rings. The number of methoxy groups -OCH3 is 1. The van der Waals surface area contributed by atoms with Gasteiger partial charge in [-0.2, -0.15) is 0 Å². The molecule has 1 N–H and O–H groups in total. The SMILES string of the molecule is COc1cc(I)[nH]n1. The van der Waals surface area contributed by atoms with Crippen molar-refractivity contribution < 1.29 is 4.74 Å². The minimum Gasteiger partial charge on any atom is -0.480 e. The molecular formula is C4H5IN2O. The summed E-state index contributed by atoms with van der Waals surface area (Å²) in [6.45, 7) is 0. The Hall–Kier alpha value is -0.260. The zero-order valence-electron chi connectivity index (χ0n) is 4.31. The lowest BCUT2D eigenvalue weighted by atomic mass is 10.7. The molecule has 0 saturated heterocycles. The van der Waals surface area contributed by atoms with Crippen molar-refractivity contribution in [1.29, 1.82) is 0 Å². The number of hydrogen-bond donors (Lipinski definition) is 1. The van der Waals surface area contributed by atoms with Crippen molar-refractivity contribution in [1.82, 2.24) is 10.2 Å². The zero-order valence-corrected chi connectivity index (χ0v) is 6.47. The van der Waals surface area contributed by atoms with E-state index in [1.807, 2.05) is 6.07 Å². The summed E-state index contributed by atoms with van der Waals surface area (Å²) in [5.74, 6) is 0.634. The first-order valence-corrected chi connectivity index (χ1v) is 3.15. The van der Waals surface area contributed by atoms with Crippen LogP contribution >= 0.6 is 22.6 Å². The van der Waals surface area contributed by atoms with Gasteiger partial charge in [0, 0.05) is 6.07 Å². The number of H-pyrrole nitrogens is 1. The molecule has 0 unspecified atom stereocenters. The lowest BCUT2D eigenvalue weighted by Gasteiger charge is -1.84. The predicted molar refractivity (Wildman–Crippen MR) is 37.9 cm³/mol. The van der Waals surface area contributed by atoms with Gasteiger partial charge in [-0.25, -0.2) is 0 Å². The van der Waals surface area contributed by atoms with E-state index in [2.05, 4.69) is 32.8 Å². The van der Waals surface area contributed by atoms with Crippen LogP contribution in [0, 0.1) is 3.70 Å². The summed E-state index contributed by atoms with van der Waals surface area (Å²) in [5, 5.41) is 6.51. The summed E-state index contributed by atoms with van der Waals surface area (Å²) in [7, 11) is 1.59. The van der Waals surface area contributed by atoms with Gasteiger partial charge in [-0.3, -0.25) is 5.10 Å². The predicted octanol–water partition coefficient (Wildman–Crippen LogP) is 1.02. The second-order valence-electron chi connectivity index (χ2n) is 1.26. The van der Waals surface area contributed by atoms with Crippen LogP contribution < -0.4 is 4.74 Å². The summed E-state index contributed by atoms with van der Waals surface area (Å²) in [4.78, 5) is 0. The molecular weight excluding hydrogens is 219 g/mol. The molecule has 0 aromatic carbocycles. The number of nitrogens with zero attached hydrogens (tertiary/aromatic N) is 1. The fourth-order valence-corrected chi connectivity index (χ4v) is 0.773. The van der Waals surface area contributed by atoms with Gasteiger partial charge in [0.05, 0.1) is 10.8 Å². The lowest BCUT2D eigenvalue weighted by molar-refractivity contribution is 0.397. The third kappa shape index (κ3) is 1.12. The van der Waals surface area contributed by atoms with Crippen LogP contribution in [0.4, 0.5) is 0 Å². The van der Waals surface area contributed by atoms with Crippen LogP contribution in [0.15, 0.2) is 6.07 Å². The second-order valence-corrected chi connectivity index (χ2v) is 2.42. The third-order valence-corrected chi connectivity index (χ3v) is 1.28. The third-order valence-electron chi connectivity index (χ3n) is 0.732. The Bertz CT molecular complexity index is 174. The summed E-state index contributed by atoms with van der Waals surface area (Å²) in [6, 6.07) is 1.82. The number of rotatable bonds is 1. The molecule has 0 saturated carbocycles. The van der Waals surface area contributed by atoms with Crippen molar-refractivity contribution >= 4 is 22.6 Å². The van der Waals surface area contributed by atoms with E-state index >= 15 is 0 Å². The molecule has 3 nitrogen and oxygen atoms in total. The van der Waals surface area contributed by atoms with Gasteiger partial charge in [0.15, 0.2) is 0 Å². The molecule has 1 heterocycles. The molecule has 1 rings (SSSR count). The van der Waals surface area contributed by atoms with Crippen LogP contribution in [0.25, 0.3) is 0 Å². The molecule has 0 aliphatic rings. The quantitative estimate of drug-likeness (QED) is 0.723. The minimum atomic E-state index is 0.634. The van der Waals surface area contributed by atoms with E-state index in [9.17, 15) is 0 Å². The van der Waals surface area contributed by atoms with Gasteiger partial charge in [0.1, 0.15) is 0 Å². The van der Waals surface area contributed by atoms with Crippen LogP contribution in [-0.4, -0.2) is 17.3 Å². The number of hydrogen-bond acceptors (Lipinski definition) is 2. The molecule has 0 aliphatic carbocycles. The molecule has 0 bridgehead atoms. The molecule has 0 amide bonds. The Balaban J connectivity index is 2.84. The van der Waals surface area contributed by atoms with Gasteiger partial charge in [-0.05, 0) is 22.6 Å². The maximum atomic E-state index is 4.79. The fraction of sp³-hybridized carbons (Fsp3) is 0.250. The van der Waals surface area contributed by atoms with Crippen LogP contribution in [0.5, 0.6) is 5.88 Å². The molecule has 4 heteroatoms. The highest BCUT2D eigenvalue weighted by molar-refractivity contribution is 14.1. The first-order chi connectivity index (χ1) is 3.83. The van der Waals surface area contributed by atoms with Crippen LogP contribution in [0.2, 0.25) is 0 Å². The Morgan fingerprint density at radius 3 is 2.88 bits per heavy atom. The topological polar surface area (TPSA) is 37.9 Å². The number of halogens is 1. The van der Waals surface area contributed by atoms with E-state index in [-0.39, 0.29) is 0 Å². The highest BCUT2D eigenvalue weighted by Crippen LogP contribution is 2.07. The molecule has 1 aromatic heterocycles. The van der Waals surface area contributed by atoms with Crippen LogP contribution in [0.1, 0.15) is 0 Å². The molecule has 0 atom stereocenters. The van der Waals surface area contributed by atoms with Gasteiger partial charge < -0.3 is 4.74 Å². The molecule has 8 heavy (non-hydrogen) atoms. The fourth-order valence-electron chi connectivity index (χ4n) is 0.386. The molecule has 0 radical (unpaired) electrons. The van der Waals surface area contributed by atoms with Gasteiger partial charge in [0.25, 0.3) is 0 Å². The lowest BCUT2D eigenvalue weighted by Crippen LogP contribution is -1.79. The minimum absolute atomic E-state index is 0.634. The highest BCUT2D eigenvalue weighted by atomic mass is 127. The van der Waals surface area contributed by atoms with Crippen molar-refractivity contribution in [2.24, 2.45) is 0 Å². The molecule has 0 fully saturated rings. The monoisotopic (exact) mass is 224 g/mol. The van der Waals surface area contributed by atoms with Crippen molar-refractivity contribution in [3.63, 3.8) is 0 Å². The second kappa shape index (κ2) is 2.34. The Morgan fingerprint density at radius 1 is 1.88 bits per heavy atom. The van der Waals surface area contributed by atoms with Crippen molar-refractivity contribution in [3.05, 3.63) is 9.77 Å². The van der Waals surface area contributed by atoms with E-state index in [1.54, 1.807) is 7.11 Å². The summed E-state index contributed by atoms with van der Waals surface area (Å²) in [6.07, 6.45) is 0. The Labute approximate surface area is 60.6 Å². The maximum Gasteiger partial charge on any atom is 0.233 e. The standard InChI is InChI=1S/C4H5IN2O/c1-8-4-2-3(5)6-7-4/h2H,1H3,(H,6,7). The van der Waals surface area contributed by atoms with Gasteiger partial charge in [-0.1, -0.05) is 0 Å². The normalized spacial score (nSPS) is 9.25. The average molecular weight is 224 g/mol. The number of aromatic amines is 1. The molecule has 0 spiro atoms. The Kier molecular flexibility index (Phi) is 1.72. The van der Waals surface area contributed by atoms with Gasteiger partial charge in [0.2, 0.25) is 5.88 Å². The van der Waals surface area contributed by atoms with Gasteiger partial charge in [-0.15, -0.1) is 5.10 Å². The Morgan fingerprint density at radius 2 is 2.62 bits per heavy atom. The summed E-state index contributed by atoms with van der Waals surface area (Å²) < 4.78 is 5.77. The maximum absolute atomic E-state index is 4.79.